The number of rotatable bonds is 12. The molecule has 0 aliphatic carbocycles. The normalized spacial score (nSPS) is 12.6. The summed E-state index contributed by atoms with van der Waals surface area (Å²) in [5.74, 6) is -2.49. The number of hydrogen-bond donors (Lipinski definition) is 0. The van der Waals surface area contributed by atoms with E-state index >= 15 is 0 Å². The van der Waals surface area contributed by atoms with E-state index in [1.807, 2.05) is 0 Å². The van der Waals surface area contributed by atoms with E-state index in [1.165, 1.54) is 0 Å². The zero-order chi connectivity index (χ0) is 19.2. The van der Waals surface area contributed by atoms with Crippen molar-refractivity contribution in [2.45, 2.75) is 51.0 Å². The first-order valence-electron chi connectivity index (χ1n) is 8.19. The Kier molecular flexibility index (Phi) is 12.6. The van der Waals surface area contributed by atoms with Crippen LogP contribution in [0.5, 0.6) is 0 Å². The number of carbonyl (C=O) groups is 4. The molecule has 0 unspecified atom stereocenters. The van der Waals surface area contributed by atoms with Crippen molar-refractivity contribution >= 4 is 35.6 Å². The highest BCUT2D eigenvalue weighted by atomic mass is 32.2. The fraction of sp³-hybridized carbons (Fsp3) is 0.750. The van der Waals surface area contributed by atoms with Crippen molar-refractivity contribution in [2.24, 2.45) is 0 Å². The maximum absolute atomic E-state index is 12.1. The van der Waals surface area contributed by atoms with Crippen LogP contribution in [0.1, 0.15) is 40.5 Å². The fourth-order valence-electron chi connectivity index (χ4n) is 1.79. The molecule has 0 amide bonds. The summed E-state index contributed by atoms with van der Waals surface area (Å²) >= 11 is 0.844. The topological polar surface area (TPSA) is 105 Å². The maximum Gasteiger partial charge on any atom is 0.319 e. The molecule has 0 saturated carbocycles. The SMILES string of the molecule is CCOC(=O)C[C@H](S[C@H](CC(=O)OCC)C(=O)OCC)C(=O)OCC. The fourth-order valence-corrected chi connectivity index (χ4v) is 3.00. The first-order valence-corrected chi connectivity index (χ1v) is 9.13. The molecule has 0 spiro atoms. The minimum absolute atomic E-state index is 0.126. The molecule has 0 aromatic rings. The first-order chi connectivity index (χ1) is 11.9. The third kappa shape index (κ3) is 9.96. The van der Waals surface area contributed by atoms with Gasteiger partial charge in [0.25, 0.3) is 0 Å². The number of esters is 4. The minimum atomic E-state index is -0.983. The molecule has 0 fully saturated rings. The lowest BCUT2D eigenvalue weighted by Gasteiger charge is -2.20. The van der Waals surface area contributed by atoms with Crippen LogP contribution in [0, 0.1) is 0 Å². The number of thioether (sulfide) groups is 1. The van der Waals surface area contributed by atoms with Gasteiger partial charge in [0.2, 0.25) is 0 Å². The highest BCUT2D eigenvalue weighted by Gasteiger charge is 2.33. The molecule has 8 nitrogen and oxygen atoms in total. The predicted octanol–water partition coefficient (Wildman–Crippen LogP) is 1.49. The monoisotopic (exact) mass is 378 g/mol. The summed E-state index contributed by atoms with van der Waals surface area (Å²) in [7, 11) is 0. The van der Waals surface area contributed by atoms with Gasteiger partial charge in [-0.2, -0.15) is 0 Å². The molecule has 0 aliphatic heterocycles. The molecular weight excluding hydrogens is 352 g/mol. The van der Waals surface area contributed by atoms with E-state index in [0.29, 0.717) is 0 Å². The van der Waals surface area contributed by atoms with Crippen LogP contribution < -0.4 is 0 Å². The van der Waals surface area contributed by atoms with Crippen LogP contribution in [-0.4, -0.2) is 60.8 Å². The second kappa shape index (κ2) is 13.5. The Morgan fingerprint density at radius 2 is 0.960 bits per heavy atom. The second-order valence-electron chi connectivity index (χ2n) is 4.64. The predicted molar refractivity (Wildman–Crippen MR) is 90.9 cm³/mol. The molecule has 2 atom stereocenters. The first kappa shape index (κ1) is 23.2. The zero-order valence-corrected chi connectivity index (χ0v) is 15.9. The van der Waals surface area contributed by atoms with Gasteiger partial charge in [-0.15, -0.1) is 11.8 Å². The van der Waals surface area contributed by atoms with E-state index < -0.39 is 34.4 Å². The number of ether oxygens (including phenoxy) is 4. The molecular formula is C16H26O8S. The summed E-state index contributed by atoms with van der Waals surface area (Å²) in [5.41, 5.74) is 0. The molecule has 0 bridgehead atoms. The van der Waals surface area contributed by atoms with Gasteiger partial charge >= 0.3 is 23.9 Å². The van der Waals surface area contributed by atoms with Crippen LogP contribution >= 0.6 is 11.8 Å². The van der Waals surface area contributed by atoms with Gasteiger partial charge in [0.05, 0.1) is 39.3 Å². The van der Waals surface area contributed by atoms with Crippen LogP contribution in [0.15, 0.2) is 0 Å². The third-order valence-electron chi connectivity index (χ3n) is 2.74. The van der Waals surface area contributed by atoms with Crippen molar-refractivity contribution in [3.8, 4) is 0 Å². The van der Waals surface area contributed by atoms with Crippen LogP contribution in [0.3, 0.4) is 0 Å². The molecule has 0 aromatic heterocycles. The smallest absolute Gasteiger partial charge is 0.319 e. The van der Waals surface area contributed by atoms with E-state index in [2.05, 4.69) is 0 Å². The average Bonchev–Trinajstić information content (AvgIpc) is 2.54. The van der Waals surface area contributed by atoms with Crippen molar-refractivity contribution in [3.63, 3.8) is 0 Å². The summed E-state index contributed by atoms with van der Waals surface area (Å²) < 4.78 is 19.6. The van der Waals surface area contributed by atoms with Gasteiger partial charge in [-0.3, -0.25) is 19.2 Å². The Bertz CT molecular complexity index is 411. The Hall–Kier alpha value is -1.77. The van der Waals surface area contributed by atoms with Crippen LogP contribution in [0.2, 0.25) is 0 Å². The number of hydrogen-bond acceptors (Lipinski definition) is 9. The lowest BCUT2D eigenvalue weighted by Crippen LogP contribution is -2.32. The van der Waals surface area contributed by atoms with Gasteiger partial charge in [0, 0.05) is 0 Å². The second-order valence-corrected chi connectivity index (χ2v) is 6.05. The van der Waals surface area contributed by atoms with Crippen LogP contribution in [0.4, 0.5) is 0 Å². The van der Waals surface area contributed by atoms with E-state index in [9.17, 15) is 19.2 Å². The minimum Gasteiger partial charge on any atom is -0.466 e. The Morgan fingerprint density at radius 1 is 0.640 bits per heavy atom. The van der Waals surface area contributed by atoms with Crippen molar-refractivity contribution in [2.75, 3.05) is 26.4 Å². The molecule has 0 aliphatic rings. The third-order valence-corrected chi connectivity index (χ3v) is 4.12. The number of carbonyl (C=O) groups excluding carboxylic acids is 4. The lowest BCUT2D eigenvalue weighted by atomic mass is 10.3. The average molecular weight is 378 g/mol. The largest absolute Gasteiger partial charge is 0.466 e. The summed E-state index contributed by atoms with van der Waals surface area (Å²) in [6, 6.07) is 0. The lowest BCUT2D eigenvalue weighted by molar-refractivity contribution is -0.150. The summed E-state index contributed by atoms with van der Waals surface area (Å²) in [4.78, 5) is 47.6. The van der Waals surface area contributed by atoms with Gasteiger partial charge in [-0.05, 0) is 27.7 Å². The Morgan fingerprint density at radius 3 is 1.24 bits per heavy atom. The highest BCUT2D eigenvalue weighted by Crippen LogP contribution is 2.26. The van der Waals surface area contributed by atoms with Crippen LogP contribution in [-0.2, 0) is 38.1 Å². The molecule has 0 radical (unpaired) electrons. The Labute approximate surface area is 151 Å². The van der Waals surface area contributed by atoms with Gasteiger partial charge < -0.3 is 18.9 Å². The molecule has 0 rings (SSSR count). The van der Waals surface area contributed by atoms with E-state index in [1.54, 1.807) is 27.7 Å². The molecule has 0 heterocycles. The zero-order valence-electron chi connectivity index (χ0n) is 15.1. The molecule has 9 heteroatoms. The van der Waals surface area contributed by atoms with E-state index in [4.69, 9.17) is 18.9 Å². The van der Waals surface area contributed by atoms with Gasteiger partial charge in [-0.1, -0.05) is 0 Å². The van der Waals surface area contributed by atoms with E-state index in [-0.39, 0.29) is 39.3 Å². The van der Waals surface area contributed by atoms with Crippen LogP contribution in [0.25, 0.3) is 0 Å². The van der Waals surface area contributed by atoms with Crippen molar-refractivity contribution in [1.82, 2.24) is 0 Å². The summed E-state index contributed by atoms with van der Waals surface area (Å²) in [6.07, 6.45) is -0.536. The summed E-state index contributed by atoms with van der Waals surface area (Å²) in [5, 5.41) is -1.97. The van der Waals surface area contributed by atoms with Crippen molar-refractivity contribution < 1.29 is 38.1 Å². The quantitative estimate of drug-likeness (QED) is 0.369. The molecule has 0 aromatic carbocycles. The van der Waals surface area contributed by atoms with Gasteiger partial charge in [0.1, 0.15) is 10.5 Å². The molecule has 0 N–H and O–H groups in total. The maximum atomic E-state index is 12.1. The molecule has 144 valence electrons. The molecule has 0 saturated heterocycles. The van der Waals surface area contributed by atoms with E-state index in [0.717, 1.165) is 11.8 Å². The van der Waals surface area contributed by atoms with Crippen molar-refractivity contribution in [1.29, 1.82) is 0 Å². The summed E-state index contributed by atoms with van der Waals surface area (Å²) in [6.45, 7) is 7.14. The molecule has 25 heavy (non-hydrogen) atoms. The highest BCUT2D eigenvalue weighted by molar-refractivity contribution is 8.01. The van der Waals surface area contributed by atoms with Gasteiger partial charge in [-0.25, -0.2) is 0 Å². The van der Waals surface area contributed by atoms with Gasteiger partial charge in [0.15, 0.2) is 0 Å². The standard InChI is InChI=1S/C16H26O8S/c1-5-21-13(17)9-11(15(19)23-7-3)25-12(16(20)24-8-4)10-14(18)22-6-2/h11-12H,5-10H2,1-4H3/t11-,12+. The Balaban J connectivity index is 5.18. The van der Waals surface area contributed by atoms with Crippen molar-refractivity contribution in [3.05, 3.63) is 0 Å².